The molecule has 0 aliphatic carbocycles. The molecule has 100 valence electrons. The zero-order valence-electron chi connectivity index (χ0n) is 10.4. The van der Waals surface area contributed by atoms with E-state index < -0.39 is 10.2 Å². The lowest BCUT2D eigenvalue weighted by molar-refractivity contribution is 0.389. The number of aromatic nitrogens is 2. The van der Waals surface area contributed by atoms with Gasteiger partial charge < -0.3 is 5.32 Å². The summed E-state index contributed by atoms with van der Waals surface area (Å²) in [5.74, 6) is 0. The Bertz CT molecular complexity index is 567. The lowest BCUT2D eigenvalue weighted by atomic mass is 10.2. The van der Waals surface area contributed by atoms with Crippen LogP contribution in [0.25, 0.3) is 0 Å². The van der Waals surface area contributed by atoms with Gasteiger partial charge in [0.05, 0.1) is 30.2 Å². The average molecular weight is 271 g/mol. The van der Waals surface area contributed by atoms with Gasteiger partial charge in [-0.25, -0.2) is 0 Å². The highest BCUT2D eigenvalue weighted by Gasteiger charge is 2.37. The van der Waals surface area contributed by atoms with Gasteiger partial charge in [0.25, 0.3) is 0 Å². The minimum Gasteiger partial charge on any atom is -0.307 e. The fourth-order valence-corrected chi connectivity index (χ4v) is 4.05. The first kappa shape index (κ1) is 11.9. The van der Waals surface area contributed by atoms with Gasteiger partial charge in [-0.3, -0.25) is 8.99 Å². The monoisotopic (exact) mass is 271 g/mol. The zero-order valence-corrected chi connectivity index (χ0v) is 11.2. The molecule has 1 aromatic heterocycles. The molecule has 0 bridgehead atoms. The van der Waals surface area contributed by atoms with Crippen LogP contribution < -0.4 is 14.3 Å². The van der Waals surface area contributed by atoms with Crippen LogP contribution in [0, 0.1) is 0 Å². The van der Waals surface area contributed by atoms with E-state index in [-0.39, 0.29) is 6.04 Å². The summed E-state index contributed by atoms with van der Waals surface area (Å²) in [6.07, 6.45) is 1.65. The van der Waals surface area contributed by atoms with Crippen LogP contribution >= 0.6 is 0 Å². The van der Waals surface area contributed by atoms with Gasteiger partial charge in [-0.15, -0.1) is 0 Å². The molecule has 1 fully saturated rings. The van der Waals surface area contributed by atoms with Crippen molar-refractivity contribution in [3.8, 4) is 0 Å². The SMILES string of the molecule is C[C@H]1Cn2ncc(N3[C@@H](C)CNS3(=O)=O)c2CN1. The number of rotatable bonds is 1. The summed E-state index contributed by atoms with van der Waals surface area (Å²) in [4.78, 5) is 0. The fraction of sp³-hybridized carbons (Fsp3) is 0.700. The van der Waals surface area contributed by atoms with Gasteiger partial charge in [-0.1, -0.05) is 0 Å². The Balaban J connectivity index is 2.03. The molecule has 7 nitrogen and oxygen atoms in total. The van der Waals surface area contributed by atoms with Crippen LogP contribution in [0.5, 0.6) is 0 Å². The number of fused-ring (bicyclic) bond motifs is 1. The predicted molar refractivity (Wildman–Crippen MR) is 67.4 cm³/mol. The third-order valence-corrected chi connectivity index (χ3v) is 5.06. The highest BCUT2D eigenvalue weighted by atomic mass is 32.2. The van der Waals surface area contributed by atoms with Crippen molar-refractivity contribution in [2.75, 3.05) is 10.8 Å². The normalized spacial score (nSPS) is 30.4. The summed E-state index contributed by atoms with van der Waals surface area (Å²) in [7, 11) is -3.40. The molecule has 8 heteroatoms. The summed E-state index contributed by atoms with van der Waals surface area (Å²) in [6, 6.07) is 0.277. The van der Waals surface area contributed by atoms with Crippen molar-refractivity contribution < 1.29 is 8.42 Å². The zero-order chi connectivity index (χ0) is 12.9. The van der Waals surface area contributed by atoms with Crippen LogP contribution in [0.3, 0.4) is 0 Å². The van der Waals surface area contributed by atoms with Crippen molar-refractivity contribution in [3.63, 3.8) is 0 Å². The molecule has 2 aliphatic heterocycles. The Morgan fingerprint density at radius 1 is 1.44 bits per heavy atom. The molecule has 1 aromatic rings. The maximum Gasteiger partial charge on any atom is 0.302 e. The molecule has 0 saturated carbocycles. The summed E-state index contributed by atoms with van der Waals surface area (Å²) < 4.78 is 29.8. The van der Waals surface area contributed by atoms with Gasteiger partial charge in [0, 0.05) is 19.1 Å². The van der Waals surface area contributed by atoms with Gasteiger partial charge in [0.1, 0.15) is 0 Å². The fourth-order valence-electron chi connectivity index (χ4n) is 2.50. The number of hydrogen-bond donors (Lipinski definition) is 2. The Morgan fingerprint density at radius 3 is 2.89 bits per heavy atom. The first-order valence-electron chi connectivity index (χ1n) is 6.06. The van der Waals surface area contributed by atoms with Gasteiger partial charge in [-0.05, 0) is 13.8 Å². The predicted octanol–water partition coefficient (Wildman–Crippen LogP) is -0.582. The summed E-state index contributed by atoms with van der Waals surface area (Å²) in [5, 5.41) is 7.62. The lowest BCUT2D eigenvalue weighted by Crippen LogP contribution is -2.39. The molecule has 0 unspecified atom stereocenters. The molecule has 18 heavy (non-hydrogen) atoms. The van der Waals surface area contributed by atoms with E-state index in [1.54, 1.807) is 6.20 Å². The van der Waals surface area contributed by atoms with Crippen molar-refractivity contribution in [1.29, 1.82) is 0 Å². The summed E-state index contributed by atoms with van der Waals surface area (Å²) in [6.45, 7) is 5.83. The minimum absolute atomic E-state index is 0.0803. The van der Waals surface area contributed by atoms with Gasteiger partial charge in [-0.2, -0.15) is 18.2 Å². The van der Waals surface area contributed by atoms with Gasteiger partial charge in [0.15, 0.2) is 0 Å². The van der Waals surface area contributed by atoms with Crippen LogP contribution in [0.4, 0.5) is 5.69 Å². The van der Waals surface area contributed by atoms with Gasteiger partial charge >= 0.3 is 10.2 Å². The second-order valence-electron chi connectivity index (χ2n) is 4.94. The molecule has 0 radical (unpaired) electrons. The second-order valence-corrected chi connectivity index (χ2v) is 6.57. The quantitative estimate of drug-likeness (QED) is 0.716. The molecule has 3 heterocycles. The molecule has 2 atom stereocenters. The third kappa shape index (κ3) is 1.72. The van der Waals surface area contributed by atoms with Crippen molar-refractivity contribution in [2.45, 2.75) is 39.0 Å². The first-order chi connectivity index (χ1) is 8.49. The van der Waals surface area contributed by atoms with Crippen LogP contribution in [0.2, 0.25) is 0 Å². The molecule has 0 aromatic carbocycles. The van der Waals surface area contributed by atoms with Crippen molar-refractivity contribution >= 4 is 15.9 Å². The molecular formula is C10H17N5O2S. The maximum absolute atomic E-state index is 12.0. The van der Waals surface area contributed by atoms with Crippen molar-refractivity contribution in [2.24, 2.45) is 0 Å². The van der Waals surface area contributed by atoms with Crippen LogP contribution in [-0.2, 0) is 23.3 Å². The van der Waals surface area contributed by atoms with E-state index in [1.807, 2.05) is 11.6 Å². The maximum atomic E-state index is 12.0. The van der Waals surface area contributed by atoms with Crippen LogP contribution in [-0.4, -0.2) is 36.8 Å². The van der Waals surface area contributed by atoms with Gasteiger partial charge in [0.2, 0.25) is 0 Å². The van der Waals surface area contributed by atoms with E-state index in [2.05, 4.69) is 22.1 Å². The first-order valence-corrected chi connectivity index (χ1v) is 7.50. The van der Waals surface area contributed by atoms with E-state index in [0.29, 0.717) is 24.8 Å². The summed E-state index contributed by atoms with van der Waals surface area (Å²) >= 11 is 0. The Morgan fingerprint density at radius 2 is 2.22 bits per heavy atom. The summed E-state index contributed by atoms with van der Waals surface area (Å²) in [5.41, 5.74) is 1.62. The number of nitrogens with one attached hydrogen (secondary N) is 2. The van der Waals surface area contributed by atoms with E-state index in [4.69, 9.17) is 0 Å². The highest BCUT2D eigenvalue weighted by Crippen LogP contribution is 2.29. The largest absolute Gasteiger partial charge is 0.307 e. The molecule has 0 spiro atoms. The van der Waals surface area contributed by atoms with Crippen molar-refractivity contribution in [3.05, 3.63) is 11.9 Å². The van der Waals surface area contributed by atoms with E-state index >= 15 is 0 Å². The molecular weight excluding hydrogens is 254 g/mol. The Kier molecular flexibility index (Phi) is 2.61. The lowest BCUT2D eigenvalue weighted by Gasteiger charge is -2.26. The van der Waals surface area contributed by atoms with E-state index in [0.717, 1.165) is 12.2 Å². The molecule has 2 N–H and O–H groups in total. The molecule has 2 aliphatic rings. The minimum atomic E-state index is -3.40. The van der Waals surface area contributed by atoms with E-state index in [9.17, 15) is 8.42 Å². The van der Waals surface area contributed by atoms with E-state index in [1.165, 1.54) is 4.31 Å². The highest BCUT2D eigenvalue weighted by molar-refractivity contribution is 7.91. The van der Waals surface area contributed by atoms with Crippen LogP contribution in [0.15, 0.2) is 6.20 Å². The standard InChI is InChI=1S/C10H17N5O2S/c1-7-6-14-9(4-11-7)10(5-12-14)15-8(2)3-13-18(15,16)17/h5,7-8,11,13H,3-4,6H2,1-2H3/t7-,8-/m0/s1. The number of hydrogen-bond acceptors (Lipinski definition) is 4. The Labute approximate surface area is 106 Å². The topological polar surface area (TPSA) is 79.3 Å². The third-order valence-electron chi connectivity index (χ3n) is 3.45. The molecule has 3 rings (SSSR count). The van der Waals surface area contributed by atoms with Crippen LogP contribution in [0.1, 0.15) is 19.5 Å². The molecule has 0 amide bonds. The smallest absolute Gasteiger partial charge is 0.302 e. The van der Waals surface area contributed by atoms with Crippen molar-refractivity contribution in [1.82, 2.24) is 19.8 Å². The average Bonchev–Trinajstić information content (AvgIpc) is 2.80. The number of nitrogens with zero attached hydrogens (tertiary/aromatic N) is 3. The number of anilines is 1. The second kappa shape index (κ2) is 3.94. The Hall–Kier alpha value is -1.12. The molecule has 1 saturated heterocycles.